The Morgan fingerprint density at radius 1 is 0.418 bits per heavy atom. The van der Waals surface area contributed by atoms with Crippen LogP contribution in [-0.4, -0.2) is 46.1 Å². The highest BCUT2D eigenvalue weighted by molar-refractivity contribution is 5.80. The van der Waals surface area contributed by atoms with Gasteiger partial charge in [0.2, 0.25) is 5.91 Å². The molecule has 0 aromatic carbocycles. The Morgan fingerprint density at radius 2 is 0.691 bits per heavy atom. The average Bonchev–Trinajstić information content (AvgIpc) is 3.19. The van der Waals surface area contributed by atoms with E-state index in [1.54, 1.807) is 0 Å². The van der Waals surface area contributed by atoms with E-state index in [0.29, 0.717) is 12.8 Å². The number of hydrogen-bond donors (Lipinski definition) is 4. The molecule has 4 N–H and O–H groups in total. The molecule has 0 aromatic rings. The second-order valence-corrected chi connectivity index (χ2v) is 17.4. The number of carbonyl (C=O) groups is 1. The third-order valence-electron chi connectivity index (χ3n) is 11.9. The molecular weight excluding hydrogens is 679 g/mol. The Hall–Kier alpha value is -0.910. The summed E-state index contributed by atoms with van der Waals surface area (Å²) in [5, 5.41) is 33.4. The number of rotatable bonds is 46. The predicted molar refractivity (Wildman–Crippen MR) is 241 cm³/mol. The van der Waals surface area contributed by atoms with Gasteiger partial charge in [-0.2, -0.15) is 0 Å². The molecule has 55 heavy (non-hydrogen) atoms. The molecule has 5 nitrogen and oxygen atoms in total. The van der Waals surface area contributed by atoms with Crippen LogP contribution >= 0.6 is 0 Å². The van der Waals surface area contributed by atoms with Crippen molar-refractivity contribution in [2.24, 2.45) is 0 Å². The molecule has 0 aliphatic carbocycles. The molecule has 5 heteroatoms. The van der Waals surface area contributed by atoms with Crippen molar-refractivity contribution in [1.29, 1.82) is 0 Å². The Morgan fingerprint density at radius 3 is 1.00 bits per heavy atom. The van der Waals surface area contributed by atoms with Crippen molar-refractivity contribution < 1.29 is 20.1 Å². The number of allylic oxidation sites excluding steroid dienone is 2. The van der Waals surface area contributed by atoms with Crippen molar-refractivity contribution in [3.05, 3.63) is 12.2 Å². The number of amides is 1. The molecule has 0 heterocycles. The molecule has 1 amide bonds. The van der Waals surface area contributed by atoms with Crippen LogP contribution in [-0.2, 0) is 4.79 Å². The van der Waals surface area contributed by atoms with Gasteiger partial charge in [0.25, 0.3) is 0 Å². The lowest BCUT2D eigenvalue weighted by atomic mass is 10.0. The van der Waals surface area contributed by atoms with Crippen LogP contribution in [0.25, 0.3) is 0 Å². The fourth-order valence-corrected chi connectivity index (χ4v) is 7.95. The summed E-state index contributed by atoms with van der Waals surface area (Å²) in [5.41, 5.74) is 0. The minimum absolute atomic E-state index is 0.314. The molecule has 0 spiro atoms. The van der Waals surface area contributed by atoms with Gasteiger partial charge < -0.3 is 20.6 Å². The monoisotopic (exact) mass is 778 g/mol. The molecule has 3 unspecified atom stereocenters. The SMILES string of the molecule is CCCCCCCCCCC/C=C\CCCCCCC(O)C(=O)NC(CO)C(O)CCCCCCCCCCCCCCCCCCCCCCCCCC. The van der Waals surface area contributed by atoms with Crippen molar-refractivity contribution in [1.82, 2.24) is 5.32 Å². The van der Waals surface area contributed by atoms with Crippen LogP contribution in [0.2, 0.25) is 0 Å². The molecule has 0 saturated carbocycles. The van der Waals surface area contributed by atoms with E-state index >= 15 is 0 Å². The molecule has 0 saturated heterocycles. The molecule has 0 rings (SSSR count). The van der Waals surface area contributed by atoms with E-state index in [4.69, 9.17) is 0 Å². The highest BCUT2D eigenvalue weighted by Crippen LogP contribution is 2.17. The molecule has 3 atom stereocenters. The zero-order valence-corrected chi connectivity index (χ0v) is 37.3. The van der Waals surface area contributed by atoms with Gasteiger partial charge in [0.1, 0.15) is 6.10 Å². The fraction of sp³-hybridized carbons (Fsp3) is 0.940. The first-order valence-corrected chi connectivity index (χ1v) is 25.0. The maximum Gasteiger partial charge on any atom is 0.249 e. The minimum atomic E-state index is -1.08. The van der Waals surface area contributed by atoms with E-state index in [0.717, 1.165) is 44.9 Å². The number of carbonyl (C=O) groups excluding carboxylic acids is 1. The lowest BCUT2D eigenvalue weighted by molar-refractivity contribution is -0.131. The molecule has 328 valence electrons. The fourth-order valence-electron chi connectivity index (χ4n) is 7.95. The number of unbranched alkanes of at least 4 members (excludes halogenated alkanes) is 36. The predicted octanol–water partition coefficient (Wildman–Crippen LogP) is 14.8. The summed E-state index contributed by atoms with van der Waals surface area (Å²) < 4.78 is 0. The van der Waals surface area contributed by atoms with Gasteiger partial charge in [-0.25, -0.2) is 0 Å². The topological polar surface area (TPSA) is 89.8 Å². The lowest BCUT2D eigenvalue weighted by Gasteiger charge is -2.23. The van der Waals surface area contributed by atoms with E-state index in [2.05, 4.69) is 31.3 Å². The minimum Gasteiger partial charge on any atom is -0.394 e. The number of aliphatic hydroxyl groups excluding tert-OH is 3. The molecule has 0 fully saturated rings. The van der Waals surface area contributed by atoms with Crippen LogP contribution in [0.5, 0.6) is 0 Å². The van der Waals surface area contributed by atoms with E-state index in [9.17, 15) is 20.1 Å². The maximum absolute atomic E-state index is 12.5. The normalized spacial score (nSPS) is 13.5. The Kier molecular flexibility index (Phi) is 45.0. The van der Waals surface area contributed by atoms with Gasteiger partial charge in [0.15, 0.2) is 0 Å². The van der Waals surface area contributed by atoms with Crippen LogP contribution in [0.4, 0.5) is 0 Å². The van der Waals surface area contributed by atoms with Crippen molar-refractivity contribution in [3.63, 3.8) is 0 Å². The number of aliphatic hydroxyl groups is 3. The summed E-state index contributed by atoms with van der Waals surface area (Å²) >= 11 is 0. The van der Waals surface area contributed by atoms with Gasteiger partial charge in [-0.15, -0.1) is 0 Å². The highest BCUT2D eigenvalue weighted by atomic mass is 16.3. The number of nitrogens with one attached hydrogen (secondary N) is 1. The summed E-state index contributed by atoms with van der Waals surface area (Å²) in [5.74, 6) is -0.475. The first kappa shape index (κ1) is 54.1. The van der Waals surface area contributed by atoms with Crippen molar-refractivity contribution >= 4 is 5.91 Å². The third kappa shape index (κ3) is 41.1. The Labute approximate surface area is 344 Å². The van der Waals surface area contributed by atoms with E-state index in [-0.39, 0.29) is 6.61 Å². The summed E-state index contributed by atoms with van der Waals surface area (Å²) in [7, 11) is 0. The van der Waals surface area contributed by atoms with Gasteiger partial charge in [-0.3, -0.25) is 4.79 Å². The van der Waals surface area contributed by atoms with Crippen molar-refractivity contribution in [2.45, 2.75) is 295 Å². The summed E-state index contributed by atoms with van der Waals surface area (Å²) in [6.45, 7) is 4.25. The zero-order chi connectivity index (χ0) is 40.1. The molecule has 0 aromatic heterocycles. The van der Waals surface area contributed by atoms with E-state index < -0.39 is 24.2 Å². The third-order valence-corrected chi connectivity index (χ3v) is 11.9. The van der Waals surface area contributed by atoms with Gasteiger partial charge in [0, 0.05) is 0 Å². The van der Waals surface area contributed by atoms with Crippen LogP contribution < -0.4 is 5.32 Å². The summed E-state index contributed by atoms with van der Waals surface area (Å²) in [6, 6.07) is -0.714. The molecule has 0 aliphatic rings. The second-order valence-electron chi connectivity index (χ2n) is 17.4. The highest BCUT2D eigenvalue weighted by Gasteiger charge is 2.23. The van der Waals surface area contributed by atoms with Crippen molar-refractivity contribution in [3.8, 4) is 0 Å². The van der Waals surface area contributed by atoms with E-state index in [1.165, 1.54) is 205 Å². The van der Waals surface area contributed by atoms with Crippen molar-refractivity contribution in [2.75, 3.05) is 6.61 Å². The molecule has 0 aliphatic heterocycles. The van der Waals surface area contributed by atoms with Gasteiger partial charge in [-0.05, 0) is 38.5 Å². The first-order chi connectivity index (χ1) is 27.1. The van der Waals surface area contributed by atoms with Gasteiger partial charge >= 0.3 is 0 Å². The quantitative estimate of drug-likeness (QED) is 0.0366. The van der Waals surface area contributed by atoms with Crippen LogP contribution in [0.15, 0.2) is 12.2 Å². The van der Waals surface area contributed by atoms with Crippen LogP contribution in [0, 0.1) is 0 Å². The molecule has 0 bridgehead atoms. The Bertz CT molecular complexity index is 773. The standard InChI is InChI=1S/C50H99NO4/c1-3-5-7-9-11-13-15-17-19-21-22-23-24-25-26-27-29-30-32-34-36-38-40-42-44-48(53)47(46-52)51-50(55)49(54)45-43-41-39-37-35-33-31-28-20-18-16-14-12-10-8-6-4-2/h31,33,47-49,52-54H,3-30,32,34-46H2,1-2H3,(H,51,55)/b33-31-. The molecule has 0 radical (unpaired) electrons. The largest absolute Gasteiger partial charge is 0.394 e. The first-order valence-electron chi connectivity index (χ1n) is 25.0. The van der Waals surface area contributed by atoms with E-state index in [1.807, 2.05) is 0 Å². The lowest BCUT2D eigenvalue weighted by Crippen LogP contribution is -2.49. The smallest absolute Gasteiger partial charge is 0.249 e. The maximum atomic E-state index is 12.5. The van der Waals surface area contributed by atoms with Gasteiger partial charge in [0.05, 0.1) is 18.8 Å². The van der Waals surface area contributed by atoms with Crippen LogP contribution in [0.1, 0.15) is 277 Å². The second kappa shape index (κ2) is 45.8. The Balaban J connectivity index is 3.56. The van der Waals surface area contributed by atoms with Gasteiger partial charge in [-0.1, -0.05) is 251 Å². The average molecular weight is 778 g/mol. The molecular formula is C50H99NO4. The number of hydrogen-bond acceptors (Lipinski definition) is 4. The summed E-state index contributed by atoms with van der Waals surface area (Å²) in [4.78, 5) is 12.5. The van der Waals surface area contributed by atoms with Crippen LogP contribution in [0.3, 0.4) is 0 Å². The summed E-state index contributed by atoms with van der Waals surface area (Å²) in [6.07, 6.45) is 55.2. The zero-order valence-electron chi connectivity index (χ0n) is 37.3.